The molecule has 1 aromatic carbocycles. The number of aromatic nitrogens is 2. The van der Waals surface area contributed by atoms with E-state index in [1.807, 2.05) is 0 Å². The zero-order valence-electron chi connectivity index (χ0n) is 11.4. The van der Waals surface area contributed by atoms with Gasteiger partial charge in [-0.25, -0.2) is 0 Å². The van der Waals surface area contributed by atoms with E-state index in [1.165, 1.54) is 0 Å². The van der Waals surface area contributed by atoms with Crippen LogP contribution >= 0.6 is 15.9 Å². The third-order valence-electron chi connectivity index (χ3n) is 3.36. The van der Waals surface area contributed by atoms with E-state index in [4.69, 9.17) is 9.26 Å². The quantitative estimate of drug-likeness (QED) is 0.912. The zero-order valence-corrected chi connectivity index (χ0v) is 13.0. The smallest absolute Gasteiger partial charge is 0.246 e. The molecular formula is C14H16BrN3O2. The molecule has 1 fully saturated rings. The minimum absolute atomic E-state index is 0.0114. The number of aryl methyl sites for hydroxylation is 2. The van der Waals surface area contributed by atoms with Gasteiger partial charge in [-0.05, 0) is 37.1 Å². The normalized spacial score (nSPS) is 19.2. The lowest BCUT2D eigenvalue weighted by Gasteiger charge is -2.20. The summed E-state index contributed by atoms with van der Waals surface area (Å²) in [6.45, 7) is 6.21. The summed E-state index contributed by atoms with van der Waals surface area (Å²) < 4.78 is 11.9. The van der Waals surface area contributed by atoms with E-state index in [0.29, 0.717) is 18.3 Å². The molecule has 20 heavy (non-hydrogen) atoms. The van der Waals surface area contributed by atoms with Gasteiger partial charge in [0.05, 0.1) is 13.2 Å². The third kappa shape index (κ3) is 2.63. The van der Waals surface area contributed by atoms with E-state index >= 15 is 0 Å². The summed E-state index contributed by atoms with van der Waals surface area (Å²) in [5.41, 5.74) is 3.28. The lowest BCUT2D eigenvalue weighted by molar-refractivity contribution is 0.0659. The third-order valence-corrected chi connectivity index (χ3v) is 4.61. The molecular weight excluding hydrogens is 322 g/mol. The van der Waals surface area contributed by atoms with Crippen LogP contribution in [0.2, 0.25) is 0 Å². The monoisotopic (exact) mass is 337 g/mol. The van der Waals surface area contributed by atoms with Crippen molar-refractivity contribution in [3.63, 3.8) is 0 Å². The largest absolute Gasteiger partial charge is 0.378 e. The average molecular weight is 338 g/mol. The van der Waals surface area contributed by atoms with Crippen molar-refractivity contribution < 1.29 is 9.26 Å². The summed E-state index contributed by atoms with van der Waals surface area (Å²) in [5.74, 6) is 1.20. The standard InChI is InChI=1S/C14H16BrN3O2/c1-8-5-10(6-9(2)12(8)15)13-17-14(20-18-13)11-7-19-4-3-16-11/h5-6,11,16H,3-4,7H2,1-2H3. The minimum atomic E-state index is -0.0114. The van der Waals surface area contributed by atoms with Crippen molar-refractivity contribution >= 4 is 15.9 Å². The Labute approximate surface area is 125 Å². The number of morpholine rings is 1. The number of rotatable bonds is 2. The van der Waals surface area contributed by atoms with Gasteiger partial charge in [0.1, 0.15) is 6.04 Å². The Morgan fingerprint density at radius 3 is 2.70 bits per heavy atom. The number of halogens is 1. The van der Waals surface area contributed by atoms with Gasteiger partial charge in [0, 0.05) is 16.6 Å². The van der Waals surface area contributed by atoms with Gasteiger partial charge < -0.3 is 14.6 Å². The molecule has 1 unspecified atom stereocenters. The van der Waals surface area contributed by atoms with Crippen LogP contribution in [0.4, 0.5) is 0 Å². The number of benzene rings is 1. The van der Waals surface area contributed by atoms with Crippen molar-refractivity contribution in [1.29, 1.82) is 0 Å². The summed E-state index contributed by atoms with van der Waals surface area (Å²) in [6.07, 6.45) is 0. The fraction of sp³-hybridized carbons (Fsp3) is 0.429. The van der Waals surface area contributed by atoms with Crippen molar-refractivity contribution in [3.05, 3.63) is 33.6 Å². The molecule has 1 N–H and O–H groups in total. The Balaban J connectivity index is 1.89. The van der Waals surface area contributed by atoms with Gasteiger partial charge in [-0.15, -0.1) is 0 Å². The topological polar surface area (TPSA) is 60.2 Å². The second-order valence-electron chi connectivity index (χ2n) is 4.96. The highest BCUT2D eigenvalue weighted by atomic mass is 79.9. The fourth-order valence-electron chi connectivity index (χ4n) is 2.29. The van der Waals surface area contributed by atoms with Crippen LogP contribution < -0.4 is 5.32 Å². The maximum atomic E-state index is 5.41. The summed E-state index contributed by atoms with van der Waals surface area (Å²) in [4.78, 5) is 4.48. The first kappa shape index (κ1) is 13.7. The van der Waals surface area contributed by atoms with Crippen LogP contribution in [0, 0.1) is 13.8 Å². The van der Waals surface area contributed by atoms with E-state index in [9.17, 15) is 0 Å². The number of nitrogens with one attached hydrogen (secondary N) is 1. The molecule has 1 aliphatic heterocycles. The second kappa shape index (κ2) is 5.63. The first-order valence-corrected chi connectivity index (χ1v) is 7.36. The van der Waals surface area contributed by atoms with Gasteiger partial charge >= 0.3 is 0 Å². The van der Waals surface area contributed by atoms with Crippen LogP contribution in [-0.2, 0) is 4.74 Å². The highest BCUT2D eigenvalue weighted by Crippen LogP contribution is 2.27. The highest BCUT2D eigenvalue weighted by molar-refractivity contribution is 9.10. The predicted octanol–water partition coefficient (Wildman–Crippen LogP) is 2.78. The van der Waals surface area contributed by atoms with Crippen LogP contribution in [0.5, 0.6) is 0 Å². The zero-order chi connectivity index (χ0) is 14.1. The van der Waals surface area contributed by atoms with Crippen LogP contribution in [-0.4, -0.2) is 29.9 Å². The Morgan fingerprint density at radius 1 is 1.30 bits per heavy atom. The number of hydrogen-bond acceptors (Lipinski definition) is 5. The van der Waals surface area contributed by atoms with Crippen molar-refractivity contribution in [1.82, 2.24) is 15.5 Å². The van der Waals surface area contributed by atoms with Crippen LogP contribution in [0.15, 0.2) is 21.1 Å². The van der Waals surface area contributed by atoms with Gasteiger partial charge in [0.15, 0.2) is 0 Å². The number of nitrogens with zero attached hydrogens (tertiary/aromatic N) is 2. The first-order valence-electron chi connectivity index (χ1n) is 6.57. The van der Waals surface area contributed by atoms with E-state index < -0.39 is 0 Å². The Kier molecular flexibility index (Phi) is 3.87. The van der Waals surface area contributed by atoms with Crippen molar-refractivity contribution in [2.24, 2.45) is 0 Å². The molecule has 1 aromatic heterocycles. The molecule has 0 radical (unpaired) electrons. The molecule has 0 saturated carbocycles. The van der Waals surface area contributed by atoms with Crippen molar-refractivity contribution in [3.8, 4) is 11.4 Å². The van der Waals surface area contributed by atoms with Gasteiger partial charge in [0.2, 0.25) is 11.7 Å². The van der Waals surface area contributed by atoms with E-state index in [-0.39, 0.29) is 6.04 Å². The molecule has 0 amide bonds. The predicted molar refractivity (Wildman–Crippen MR) is 78.5 cm³/mol. The fourth-order valence-corrected chi connectivity index (χ4v) is 2.52. The summed E-state index contributed by atoms with van der Waals surface area (Å²) in [6, 6.07) is 4.09. The maximum absolute atomic E-state index is 5.41. The van der Waals surface area contributed by atoms with Crippen molar-refractivity contribution in [2.75, 3.05) is 19.8 Å². The maximum Gasteiger partial charge on any atom is 0.246 e. The molecule has 1 saturated heterocycles. The second-order valence-corrected chi connectivity index (χ2v) is 5.75. The molecule has 2 aromatic rings. The number of ether oxygens (including phenoxy) is 1. The van der Waals surface area contributed by atoms with E-state index in [0.717, 1.165) is 34.3 Å². The van der Waals surface area contributed by atoms with Gasteiger partial charge in [-0.1, -0.05) is 21.1 Å². The van der Waals surface area contributed by atoms with Gasteiger partial charge in [0.25, 0.3) is 0 Å². The van der Waals surface area contributed by atoms with Crippen LogP contribution in [0.3, 0.4) is 0 Å². The van der Waals surface area contributed by atoms with Gasteiger partial charge in [-0.3, -0.25) is 0 Å². The Hall–Kier alpha value is -1.24. The summed E-state index contributed by atoms with van der Waals surface area (Å²) in [7, 11) is 0. The first-order chi connectivity index (χ1) is 9.65. The number of hydrogen-bond donors (Lipinski definition) is 1. The molecule has 5 nitrogen and oxygen atoms in total. The molecule has 0 spiro atoms. The van der Waals surface area contributed by atoms with Crippen LogP contribution in [0.1, 0.15) is 23.1 Å². The van der Waals surface area contributed by atoms with Crippen LogP contribution in [0.25, 0.3) is 11.4 Å². The molecule has 0 aliphatic carbocycles. The molecule has 0 bridgehead atoms. The van der Waals surface area contributed by atoms with E-state index in [1.54, 1.807) is 0 Å². The van der Waals surface area contributed by atoms with Gasteiger partial charge in [-0.2, -0.15) is 4.98 Å². The van der Waals surface area contributed by atoms with E-state index in [2.05, 4.69) is 57.4 Å². The molecule has 106 valence electrons. The average Bonchev–Trinajstić information content (AvgIpc) is 2.95. The molecule has 1 aliphatic rings. The summed E-state index contributed by atoms with van der Waals surface area (Å²) >= 11 is 3.56. The lowest BCUT2D eigenvalue weighted by Crippen LogP contribution is -2.34. The minimum Gasteiger partial charge on any atom is -0.378 e. The lowest BCUT2D eigenvalue weighted by atomic mass is 10.1. The summed E-state index contributed by atoms with van der Waals surface area (Å²) in [5, 5.41) is 7.38. The SMILES string of the molecule is Cc1cc(-c2noc(C3COCCN3)n2)cc(C)c1Br. The van der Waals surface area contributed by atoms with Crippen molar-refractivity contribution in [2.45, 2.75) is 19.9 Å². The molecule has 6 heteroatoms. The molecule has 3 rings (SSSR count). The Bertz CT molecular complexity index is 598. The highest BCUT2D eigenvalue weighted by Gasteiger charge is 2.22. The Morgan fingerprint density at radius 2 is 2.05 bits per heavy atom. The molecule has 1 atom stereocenters. The molecule has 2 heterocycles.